The molecule has 1 aliphatic rings. The Hall–Kier alpha value is -1.28. The van der Waals surface area contributed by atoms with Crippen molar-refractivity contribution in [1.29, 1.82) is 0 Å². The predicted molar refractivity (Wildman–Crippen MR) is 76.4 cm³/mol. The molecule has 0 unspecified atom stereocenters. The lowest BCUT2D eigenvalue weighted by atomic mass is 9.99. The van der Waals surface area contributed by atoms with E-state index in [4.69, 9.17) is 4.74 Å². The van der Waals surface area contributed by atoms with Gasteiger partial charge in [0.25, 0.3) is 0 Å². The number of nitrogens with one attached hydrogen (secondary N) is 1. The molecule has 1 saturated heterocycles. The first-order valence-electron chi connectivity index (χ1n) is 5.81. The molecule has 0 spiro atoms. The van der Waals surface area contributed by atoms with Crippen LogP contribution in [-0.2, 0) is 4.74 Å². The second-order valence-electron chi connectivity index (χ2n) is 4.20. The largest absolute Gasteiger partial charge is 0.503 e. The number of hydrogen-bond acceptors (Lipinski definition) is 4. The molecule has 5 nitrogen and oxygen atoms in total. The Bertz CT molecular complexity index is 544. The third-order valence-corrected chi connectivity index (χ3v) is 3.37. The molecule has 21 heavy (non-hydrogen) atoms. The van der Waals surface area contributed by atoms with Crippen molar-refractivity contribution in [3.8, 4) is 11.5 Å². The lowest BCUT2D eigenvalue weighted by Gasteiger charge is -2.32. The maximum Gasteiger partial charge on any atom is 0.408 e. The molecule has 0 aromatic heterocycles. The van der Waals surface area contributed by atoms with E-state index in [-0.39, 0.29) is 40.5 Å². The Kier molecular flexibility index (Phi) is 5.63. The second kappa shape index (κ2) is 6.65. The highest BCUT2D eigenvalue weighted by Gasteiger charge is 2.47. The van der Waals surface area contributed by atoms with Gasteiger partial charge in [0.05, 0.1) is 11.1 Å². The van der Waals surface area contributed by atoms with Crippen molar-refractivity contribution >= 4 is 34.4 Å². The summed E-state index contributed by atoms with van der Waals surface area (Å²) in [5.74, 6) is -3.38. The summed E-state index contributed by atoms with van der Waals surface area (Å²) in [6.45, 7) is 0.969. The van der Waals surface area contributed by atoms with E-state index in [1.54, 1.807) is 6.92 Å². The van der Waals surface area contributed by atoms with Gasteiger partial charge in [-0.25, -0.2) is 13.6 Å². The van der Waals surface area contributed by atoms with E-state index < -0.39 is 24.7 Å². The van der Waals surface area contributed by atoms with Gasteiger partial charge in [0.2, 0.25) is 0 Å². The smallest absolute Gasteiger partial charge is 0.408 e. The molecule has 2 N–H and O–H groups in total. The summed E-state index contributed by atoms with van der Waals surface area (Å²) >= 11 is 3.07. The van der Waals surface area contributed by atoms with Crippen LogP contribution in [0.25, 0.3) is 0 Å². The van der Waals surface area contributed by atoms with Crippen molar-refractivity contribution in [1.82, 2.24) is 5.32 Å². The fourth-order valence-corrected chi connectivity index (χ4v) is 2.32. The van der Waals surface area contributed by atoms with Crippen LogP contribution in [0.4, 0.5) is 13.6 Å². The number of benzene rings is 1. The zero-order valence-corrected chi connectivity index (χ0v) is 13.3. The van der Waals surface area contributed by atoms with E-state index in [2.05, 4.69) is 26.0 Å². The number of alkyl halides is 2. The molecule has 1 aromatic rings. The van der Waals surface area contributed by atoms with Crippen LogP contribution in [0.15, 0.2) is 16.6 Å². The molecule has 1 fully saturated rings. The van der Waals surface area contributed by atoms with Gasteiger partial charge in [0.15, 0.2) is 18.1 Å². The summed E-state index contributed by atoms with van der Waals surface area (Å²) in [5, 5.41) is 11.8. The van der Waals surface area contributed by atoms with Crippen LogP contribution < -0.4 is 10.1 Å². The average Bonchev–Trinajstić information content (AvgIpc) is 2.38. The molecule has 1 amide bonds. The third kappa shape index (κ3) is 3.68. The molecule has 0 bridgehead atoms. The number of hydrogen-bond donors (Lipinski definition) is 2. The number of ether oxygens (including phenoxy) is 2. The van der Waals surface area contributed by atoms with Crippen LogP contribution >= 0.6 is 28.3 Å². The number of aromatic hydroxyl groups is 1. The van der Waals surface area contributed by atoms with Gasteiger partial charge in [0.1, 0.15) is 6.04 Å². The van der Waals surface area contributed by atoms with Gasteiger partial charge in [-0.2, -0.15) is 0 Å². The number of phenols is 1. The molecule has 2 rings (SSSR count). The lowest BCUT2D eigenvalue weighted by Crippen LogP contribution is -2.49. The van der Waals surface area contributed by atoms with Crippen LogP contribution in [0.1, 0.15) is 18.5 Å². The minimum absolute atomic E-state index is 0. The number of alkyl carbamates (subject to hydrolysis) is 1. The van der Waals surface area contributed by atoms with E-state index in [0.717, 1.165) is 0 Å². The number of rotatable bonds is 3. The van der Waals surface area contributed by atoms with Gasteiger partial charge in [-0.05, 0) is 40.5 Å². The summed E-state index contributed by atoms with van der Waals surface area (Å²) in [6, 6.07) is 1.04. The molecule has 0 saturated carbocycles. The Morgan fingerprint density at radius 3 is 2.86 bits per heavy atom. The SMILES string of the molecule is CCOc1cc([C@H]2NC(=O)OCC2(F)F)cc(Br)c1O.Cl. The monoisotopic (exact) mass is 387 g/mol. The van der Waals surface area contributed by atoms with Gasteiger partial charge in [-0.3, -0.25) is 0 Å². The number of phenolic OH excluding ortho intramolecular Hbond substituents is 1. The van der Waals surface area contributed by atoms with E-state index in [9.17, 15) is 18.7 Å². The summed E-state index contributed by atoms with van der Waals surface area (Å²) in [5.41, 5.74) is 0.111. The van der Waals surface area contributed by atoms with Crippen LogP contribution in [0, 0.1) is 0 Å². The molecule has 9 heteroatoms. The number of cyclic esters (lactones) is 1. The standard InChI is InChI=1S/C12H12BrF2NO4.ClH/c1-2-19-8-4-6(3-7(13)9(8)17)10-12(14,15)5-20-11(18)16-10;/h3-4,10,17H,2,5H2,1H3,(H,16,18);1H/t10-;/m1./s1. The Morgan fingerprint density at radius 1 is 1.57 bits per heavy atom. The summed E-state index contributed by atoms with van der Waals surface area (Å²) < 4.78 is 37.3. The first-order chi connectivity index (χ1) is 9.35. The normalized spacial score (nSPS) is 20.0. The molecule has 0 radical (unpaired) electrons. The molecule has 118 valence electrons. The number of amides is 1. The highest BCUT2D eigenvalue weighted by molar-refractivity contribution is 9.10. The van der Waals surface area contributed by atoms with Crippen molar-refractivity contribution in [2.45, 2.75) is 18.9 Å². The fraction of sp³-hybridized carbons (Fsp3) is 0.417. The molecule has 0 aliphatic carbocycles. The zero-order valence-electron chi connectivity index (χ0n) is 10.9. The van der Waals surface area contributed by atoms with Gasteiger partial charge in [-0.15, -0.1) is 12.4 Å². The predicted octanol–water partition coefficient (Wildman–Crippen LogP) is 3.39. The number of carbonyl (C=O) groups is 1. The van der Waals surface area contributed by atoms with E-state index in [1.807, 2.05) is 0 Å². The maximum atomic E-state index is 13.8. The first-order valence-corrected chi connectivity index (χ1v) is 6.60. The minimum Gasteiger partial charge on any atom is -0.503 e. The highest BCUT2D eigenvalue weighted by Crippen LogP contribution is 2.41. The van der Waals surface area contributed by atoms with E-state index >= 15 is 0 Å². The minimum atomic E-state index is -3.26. The van der Waals surface area contributed by atoms with E-state index in [0.29, 0.717) is 0 Å². The summed E-state index contributed by atoms with van der Waals surface area (Å²) in [7, 11) is 0. The van der Waals surface area contributed by atoms with Gasteiger partial charge < -0.3 is 19.9 Å². The van der Waals surface area contributed by atoms with Crippen molar-refractivity contribution < 1.29 is 28.2 Å². The van der Waals surface area contributed by atoms with Crippen LogP contribution in [0.3, 0.4) is 0 Å². The average molecular weight is 389 g/mol. The maximum absolute atomic E-state index is 13.8. The van der Waals surface area contributed by atoms with Crippen LogP contribution in [-0.4, -0.2) is 30.3 Å². The van der Waals surface area contributed by atoms with Gasteiger partial charge >= 0.3 is 12.0 Å². The Labute approximate surface area is 134 Å². The fourth-order valence-electron chi connectivity index (χ4n) is 1.86. The van der Waals surface area contributed by atoms with Crippen LogP contribution in [0.5, 0.6) is 11.5 Å². The Morgan fingerprint density at radius 2 is 2.24 bits per heavy atom. The molecule has 1 heterocycles. The van der Waals surface area contributed by atoms with Gasteiger partial charge in [-0.1, -0.05) is 0 Å². The molecule has 1 atom stereocenters. The summed E-state index contributed by atoms with van der Waals surface area (Å²) in [4.78, 5) is 11.1. The van der Waals surface area contributed by atoms with Crippen molar-refractivity contribution in [2.75, 3.05) is 13.2 Å². The quantitative estimate of drug-likeness (QED) is 0.833. The van der Waals surface area contributed by atoms with Crippen molar-refractivity contribution in [3.05, 3.63) is 22.2 Å². The van der Waals surface area contributed by atoms with Crippen molar-refractivity contribution in [3.63, 3.8) is 0 Å². The zero-order chi connectivity index (χ0) is 14.9. The number of carbonyl (C=O) groups excluding carboxylic acids is 1. The first kappa shape index (κ1) is 17.8. The van der Waals surface area contributed by atoms with Gasteiger partial charge in [0, 0.05) is 0 Å². The molecular weight excluding hydrogens is 375 g/mol. The second-order valence-corrected chi connectivity index (χ2v) is 5.05. The van der Waals surface area contributed by atoms with Crippen molar-refractivity contribution in [2.24, 2.45) is 0 Å². The Balaban J connectivity index is 0.00000220. The molecule has 1 aromatic carbocycles. The molecule has 1 aliphatic heterocycles. The van der Waals surface area contributed by atoms with E-state index in [1.165, 1.54) is 12.1 Å². The summed E-state index contributed by atoms with van der Waals surface area (Å²) in [6.07, 6.45) is -0.914. The third-order valence-electron chi connectivity index (χ3n) is 2.76. The molecular formula is C12H13BrClF2NO4. The lowest BCUT2D eigenvalue weighted by molar-refractivity contribution is -0.104. The number of halogens is 4. The van der Waals surface area contributed by atoms with Crippen LogP contribution in [0.2, 0.25) is 0 Å². The highest BCUT2D eigenvalue weighted by atomic mass is 79.9. The topological polar surface area (TPSA) is 67.8 Å².